The van der Waals surface area contributed by atoms with Crippen LogP contribution in [0.3, 0.4) is 0 Å². The number of aliphatic hydroxyl groups is 1. The third kappa shape index (κ3) is 3.54. The summed E-state index contributed by atoms with van der Waals surface area (Å²) < 4.78 is 5.51. The minimum absolute atomic E-state index is 0.149. The number of likely N-dealkylation sites (tertiary alicyclic amines) is 1. The Bertz CT molecular complexity index is 452. The molecule has 1 saturated heterocycles. The fraction of sp³-hybridized carbons (Fsp3) is 0.500. The third-order valence-corrected chi connectivity index (χ3v) is 5.13. The Morgan fingerprint density at radius 2 is 2.30 bits per heavy atom. The molecule has 1 aromatic carbocycles. The van der Waals surface area contributed by atoms with Crippen LogP contribution in [0.15, 0.2) is 36.9 Å². The number of benzene rings is 1. The van der Waals surface area contributed by atoms with E-state index in [0.29, 0.717) is 0 Å². The molecule has 0 aliphatic carbocycles. The van der Waals surface area contributed by atoms with Gasteiger partial charge >= 0.3 is 0 Å². The molecule has 3 nitrogen and oxygen atoms in total. The average molecular weight is 387 g/mol. The van der Waals surface area contributed by atoms with Gasteiger partial charge in [0.25, 0.3) is 0 Å². The highest BCUT2D eigenvalue weighted by Gasteiger charge is 2.32. The lowest BCUT2D eigenvalue weighted by Crippen LogP contribution is -2.46. The fourth-order valence-electron chi connectivity index (χ4n) is 2.81. The van der Waals surface area contributed by atoms with E-state index in [1.54, 1.807) is 7.11 Å². The molecule has 20 heavy (non-hydrogen) atoms. The van der Waals surface area contributed by atoms with E-state index >= 15 is 0 Å². The molecule has 0 amide bonds. The Balaban J connectivity index is 2.20. The maximum Gasteiger partial charge on any atom is 0.119 e. The van der Waals surface area contributed by atoms with E-state index in [2.05, 4.69) is 34.1 Å². The summed E-state index contributed by atoms with van der Waals surface area (Å²) in [7, 11) is 1.65. The van der Waals surface area contributed by atoms with Crippen LogP contribution in [-0.4, -0.2) is 33.8 Å². The number of methoxy groups -OCH3 is 1. The monoisotopic (exact) mass is 387 g/mol. The van der Waals surface area contributed by atoms with E-state index in [0.717, 1.165) is 24.3 Å². The van der Waals surface area contributed by atoms with Crippen molar-refractivity contribution in [2.24, 2.45) is 0 Å². The average Bonchev–Trinajstić information content (AvgIpc) is 2.53. The van der Waals surface area contributed by atoms with Gasteiger partial charge in [-0.05, 0) is 37.1 Å². The van der Waals surface area contributed by atoms with E-state index < -0.39 is 6.10 Å². The van der Waals surface area contributed by atoms with Crippen LogP contribution in [0.4, 0.5) is 0 Å². The fourth-order valence-corrected chi connectivity index (χ4v) is 3.50. The first-order valence-electron chi connectivity index (χ1n) is 7.01. The van der Waals surface area contributed by atoms with Crippen molar-refractivity contribution in [2.45, 2.75) is 35.5 Å². The highest BCUT2D eigenvalue weighted by molar-refractivity contribution is 14.1. The van der Waals surface area contributed by atoms with Gasteiger partial charge in [-0.3, -0.25) is 4.90 Å². The summed E-state index contributed by atoms with van der Waals surface area (Å²) in [5.41, 5.74) is 0.925. The zero-order valence-electron chi connectivity index (χ0n) is 11.8. The highest BCUT2D eigenvalue weighted by Crippen LogP contribution is 2.32. The predicted octanol–water partition coefficient (Wildman–Crippen LogP) is 3.53. The van der Waals surface area contributed by atoms with Crippen molar-refractivity contribution in [2.75, 3.05) is 13.7 Å². The standard InChI is InChI=1S/C16H22INO2/c1-3-15(17)18-10-5-4-9-14(18)16(19)12-7-6-8-13(11-12)20-2/h3,6-8,11,14-16,19H,1,4-5,9-10H2,2H3/t14-,15?,16-/m0/s1. The van der Waals surface area contributed by atoms with Gasteiger partial charge in [0.2, 0.25) is 0 Å². The first kappa shape index (κ1) is 15.8. The van der Waals surface area contributed by atoms with Crippen molar-refractivity contribution in [3.05, 3.63) is 42.5 Å². The Morgan fingerprint density at radius 1 is 1.50 bits per heavy atom. The Morgan fingerprint density at radius 3 is 3.00 bits per heavy atom. The molecule has 1 aliphatic rings. The molecule has 4 heteroatoms. The molecule has 0 spiro atoms. The molecule has 1 aliphatic heterocycles. The van der Waals surface area contributed by atoms with Gasteiger partial charge in [-0.15, -0.1) is 6.58 Å². The quantitative estimate of drug-likeness (QED) is 0.363. The number of hydrogen-bond donors (Lipinski definition) is 1. The summed E-state index contributed by atoms with van der Waals surface area (Å²) >= 11 is 2.38. The van der Waals surface area contributed by atoms with Gasteiger partial charge < -0.3 is 9.84 Å². The summed E-state index contributed by atoms with van der Waals surface area (Å²) in [6.45, 7) is 4.90. The summed E-state index contributed by atoms with van der Waals surface area (Å²) in [5.74, 6) is 0.790. The molecular formula is C16H22INO2. The van der Waals surface area contributed by atoms with E-state index in [-0.39, 0.29) is 10.1 Å². The third-order valence-electron chi connectivity index (χ3n) is 3.90. The van der Waals surface area contributed by atoms with E-state index in [1.165, 1.54) is 12.8 Å². The Kier molecular flexibility index (Phi) is 5.86. The minimum Gasteiger partial charge on any atom is -0.497 e. The van der Waals surface area contributed by atoms with Gasteiger partial charge in [-0.2, -0.15) is 0 Å². The van der Waals surface area contributed by atoms with Crippen LogP contribution in [0.1, 0.15) is 30.9 Å². The second-order valence-corrected chi connectivity index (χ2v) is 6.41. The second kappa shape index (κ2) is 7.43. The van der Waals surface area contributed by atoms with E-state index in [1.807, 2.05) is 30.3 Å². The molecule has 1 unspecified atom stereocenters. The lowest BCUT2D eigenvalue weighted by atomic mass is 9.93. The lowest BCUT2D eigenvalue weighted by molar-refractivity contribution is 0.0284. The smallest absolute Gasteiger partial charge is 0.119 e. The molecule has 1 fully saturated rings. The van der Waals surface area contributed by atoms with Crippen molar-refractivity contribution in [1.29, 1.82) is 0 Å². The molecule has 0 aromatic heterocycles. The molecule has 0 saturated carbocycles. The molecule has 1 heterocycles. The number of nitrogens with zero attached hydrogens (tertiary/aromatic N) is 1. The van der Waals surface area contributed by atoms with Gasteiger partial charge in [-0.1, -0.05) is 47.2 Å². The van der Waals surface area contributed by atoms with Crippen LogP contribution in [0.2, 0.25) is 0 Å². The van der Waals surface area contributed by atoms with Gasteiger partial charge in [0.05, 0.1) is 17.3 Å². The zero-order valence-corrected chi connectivity index (χ0v) is 14.0. The van der Waals surface area contributed by atoms with Crippen LogP contribution in [0, 0.1) is 0 Å². The number of aliphatic hydroxyl groups excluding tert-OH is 1. The van der Waals surface area contributed by atoms with Crippen molar-refractivity contribution in [1.82, 2.24) is 4.90 Å². The van der Waals surface area contributed by atoms with Crippen LogP contribution >= 0.6 is 22.6 Å². The molecule has 1 N–H and O–H groups in total. The van der Waals surface area contributed by atoms with Crippen LogP contribution in [0.25, 0.3) is 0 Å². The summed E-state index contributed by atoms with van der Waals surface area (Å²) in [5, 5.41) is 10.7. The molecule has 0 radical (unpaired) electrons. The summed E-state index contributed by atoms with van der Waals surface area (Å²) in [6.07, 6.45) is 4.84. The molecule has 1 aromatic rings. The van der Waals surface area contributed by atoms with Crippen molar-refractivity contribution < 1.29 is 9.84 Å². The molecule has 110 valence electrons. The van der Waals surface area contributed by atoms with Crippen molar-refractivity contribution >= 4 is 22.6 Å². The normalized spacial score (nSPS) is 23.1. The number of hydrogen-bond acceptors (Lipinski definition) is 3. The SMILES string of the molecule is C=CC(I)N1CCCC[C@H]1[C@@H](O)c1cccc(OC)c1. The lowest BCUT2D eigenvalue weighted by Gasteiger charge is -2.40. The molecular weight excluding hydrogens is 365 g/mol. The number of alkyl halides is 1. The second-order valence-electron chi connectivity index (χ2n) is 5.13. The van der Waals surface area contributed by atoms with Gasteiger partial charge in [0, 0.05) is 6.04 Å². The largest absolute Gasteiger partial charge is 0.497 e. The van der Waals surface area contributed by atoms with Crippen molar-refractivity contribution in [3.63, 3.8) is 0 Å². The highest BCUT2D eigenvalue weighted by atomic mass is 127. The van der Waals surface area contributed by atoms with Gasteiger partial charge in [0.15, 0.2) is 0 Å². The van der Waals surface area contributed by atoms with Gasteiger partial charge in [-0.25, -0.2) is 0 Å². The summed E-state index contributed by atoms with van der Waals surface area (Å²) in [6, 6.07) is 7.87. The summed E-state index contributed by atoms with van der Waals surface area (Å²) in [4.78, 5) is 2.35. The molecule has 3 atom stereocenters. The predicted molar refractivity (Wildman–Crippen MR) is 90.3 cm³/mol. The van der Waals surface area contributed by atoms with Gasteiger partial charge in [0.1, 0.15) is 5.75 Å². The van der Waals surface area contributed by atoms with E-state index in [9.17, 15) is 5.11 Å². The number of rotatable bonds is 5. The topological polar surface area (TPSA) is 32.7 Å². The first-order valence-corrected chi connectivity index (χ1v) is 8.26. The Hall–Kier alpha value is -0.590. The molecule has 0 bridgehead atoms. The van der Waals surface area contributed by atoms with Crippen LogP contribution < -0.4 is 4.74 Å². The maximum absolute atomic E-state index is 10.7. The number of halogens is 1. The van der Waals surface area contributed by atoms with Crippen LogP contribution in [0.5, 0.6) is 5.75 Å². The first-order chi connectivity index (χ1) is 9.67. The minimum atomic E-state index is -0.484. The number of ether oxygens (including phenoxy) is 1. The zero-order chi connectivity index (χ0) is 14.5. The maximum atomic E-state index is 10.7. The van der Waals surface area contributed by atoms with E-state index in [4.69, 9.17) is 4.74 Å². The molecule has 2 rings (SSSR count). The van der Waals surface area contributed by atoms with Crippen molar-refractivity contribution in [3.8, 4) is 5.75 Å². The van der Waals surface area contributed by atoms with Crippen LogP contribution in [-0.2, 0) is 0 Å². The number of piperidine rings is 1. The Labute approximate surface area is 134 Å².